The summed E-state index contributed by atoms with van der Waals surface area (Å²) in [4.78, 5) is 34.4. The number of nitrogens with one attached hydrogen (secondary N) is 1. The molecule has 0 saturated heterocycles. The van der Waals surface area contributed by atoms with Crippen molar-refractivity contribution in [1.29, 1.82) is 0 Å². The van der Waals surface area contributed by atoms with Gasteiger partial charge in [-0.15, -0.1) is 0 Å². The van der Waals surface area contributed by atoms with Gasteiger partial charge in [0, 0.05) is 11.6 Å². The van der Waals surface area contributed by atoms with Crippen molar-refractivity contribution in [3.05, 3.63) is 51.6 Å². The Kier molecular flexibility index (Phi) is 5.48. The summed E-state index contributed by atoms with van der Waals surface area (Å²) in [6.45, 7) is 1.74. The second-order valence-corrected chi connectivity index (χ2v) is 5.52. The van der Waals surface area contributed by atoms with Crippen molar-refractivity contribution in [2.45, 2.75) is 6.92 Å². The molecule has 2 rings (SSSR count). The fourth-order valence-corrected chi connectivity index (χ4v) is 2.70. The second kappa shape index (κ2) is 7.55. The number of carbonyl (C=O) groups is 2. The van der Waals surface area contributed by atoms with Gasteiger partial charge in [-0.05, 0) is 42.5 Å². The topological polar surface area (TPSA) is 108 Å². The molecule has 1 aromatic heterocycles. The standard InChI is InChI=1S/C15H14N2O6S/c1-3-23-15(19)11-8-12(17(20)21)24-14(11)16-13(18)9-4-6-10(22-2)7-5-9/h4-8H,3H2,1-2H3,(H,16,18). The number of nitrogens with zero attached hydrogens (tertiary/aromatic N) is 1. The number of thiophene rings is 1. The molecule has 0 saturated carbocycles. The Balaban J connectivity index is 2.27. The number of rotatable bonds is 6. The van der Waals surface area contributed by atoms with Crippen LogP contribution in [0.3, 0.4) is 0 Å². The minimum atomic E-state index is -0.730. The van der Waals surface area contributed by atoms with E-state index in [1.54, 1.807) is 31.2 Å². The molecule has 0 aliphatic carbocycles. The van der Waals surface area contributed by atoms with Gasteiger partial charge in [0.15, 0.2) is 0 Å². The van der Waals surface area contributed by atoms with Gasteiger partial charge in [0.25, 0.3) is 5.91 Å². The van der Waals surface area contributed by atoms with Crippen LogP contribution in [-0.2, 0) is 4.74 Å². The Morgan fingerprint density at radius 1 is 1.29 bits per heavy atom. The number of esters is 1. The van der Waals surface area contributed by atoms with Crippen molar-refractivity contribution in [3.63, 3.8) is 0 Å². The van der Waals surface area contributed by atoms with Crippen molar-refractivity contribution < 1.29 is 24.0 Å². The molecule has 0 atom stereocenters. The molecule has 0 bridgehead atoms. The lowest BCUT2D eigenvalue weighted by Crippen LogP contribution is -2.14. The van der Waals surface area contributed by atoms with Crippen molar-refractivity contribution >= 4 is 33.2 Å². The zero-order valence-electron chi connectivity index (χ0n) is 12.9. The quantitative estimate of drug-likeness (QED) is 0.487. The molecule has 0 spiro atoms. The van der Waals surface area contributed by atoms with Gasteiger partial charge in [0.2, 0.25) is 0 Å². The Morgan fingerprint density at radius 3 is 2.50 bits per heavy atom. The first-order chi connectivity index (χ1) is 11.5. The number of benzene rings is 1. The van der Waals surface area contributed by atoms with Crippen LogP contribution in [0.5, 0.6) is 5.75 Å². The third-order valence-corrected chi connectivity index (χ3v) is 3.98. The Hall–Kier alpha value is -2.94. The number of nitro groups is 1. The third kappa shape index (κ3) is 3.87. The molecule has 0 aliphatic rings. The van der Waals surface area contributed by atoms with E-state index in [9.17, 15) is 19.7 Å². The maximum atomic E-state index is 12.3. The molecule has 9 heteroatoms. The zero-order chi connectivity index (χ0) is 17.7. The molecule has 1 N–H and O–H groups in total. The average Bonchev–Trinajstić information content (AvgIpc) is 2.99. The maximum absolute atomic E-state index is 12.3. The lowest BCUT2D eigenvalue weighted by Gasteiger charge is -2.06. The first-order valence-electron chi connectivity index (χ1n) is 6.87. The number of ether oxygens (including phenoxy) is 2. The Labute approximate surface area is 141 Å². The molecule has 1 heterocycles. The van der Waals surface area contributed by atoms with Gasteiger partial charge >= 0.3 is 11.0 Å². The molecule has 1 aromatic carbocycles. The Bertz CT molecular complexity index is 769. The fraction of sp³-hybridized carbons (Fsp3) is 0.200. The molecular formula is C15H14N2O6S. The first-order valence-corrected chi connectivity index (χ1v) is 7.68. The highest BCUT2D eigenvalue weighted by atomic mass is 32.1. The van der Waals surface area contributed by atoms with Gasteiger partial charge in [0.05, 0.1) is 18.6 Å². The SMILES string of the molecule is CCOC(=O)c1cc([N+](=O)[O-])sc1NC(=O)c1ccc(OC)cc1. The summed E-state index contributed by atoms with van der Waals surface area (Å²) in [5.74, 6) is -0.641. The summed E-state index contributed by atoms with van der Waals surface area (Å²) >= 11 is 0.696. The summed E-state index contributed by atoms with van der Waals surface area (Å²) in [5.41, 5.74) is 0.275. The van der Waals surface area contributed by atoms with E-state index in [2.05, 4.69) is 5.32 Å². The van der Waals surface area contributed by atoms with Crippen LogP contribution in [-0.4, -0.2) is 30.5 Å². The first kappa shape index (κ1) is 17.4. The van der Waals surface area contributed by atoms with Crippen LogP contribution < -0.4 is 10.1 Å². The normalized spacial score (nSPS) is 10.1. The van der Waals surface area contributed by atoms with E-state index in [-0.39, 0.29) is 22.2 Å². The lowest BCUT2D eigenvalue weighted by molar-refractivity contribution is -0.380. The minimum Gasteiger partial charge on any atom is -0.497 e. The molecule has 2 aromatic rings. The molecule has 126 valence electrons. The van der Waals surface area contributed by atoms with Crippen molar-refractivity contribution in [2.75, 3.05) is 19.0 Å². The van der Waals surface area contributed by atoms with Crippen molar-refractivity contribution in [1.82, 2.24) is 0 Å². The molecule has 1 amide bonds. The van der Waals surface area contributed by atoms with E-state index in [0.29, 0.717) is 22.6 Å². The van der Waals surface area contributed by atoms with Crippen LogP contribution in [0.2, 0.25) is 0 Å². The van der Waals surface area contributed by atoms with Crippen LogP contribution in [0.4, 0.5) is 10.0 Å². The summed E-state index contributed by atoms with van der Waals surface area (Å²) in [7, 11) is 1.51. The minimum absolute atomic E-state index is 0.0459. The molecule has 0 radical (unpaired) electrons. The maximum Gasteiger partial charge on any atom is 0.341 e. The van der Waals surface area contributed by atoms with E-state index in [1.807, 2.05) is 0 Å². The zero-order valence-corrected chi connectivity index (χ0v) is 13.7. The molecule has 24 heavy (non-hydrogen) atoms. The molecular weight excluding hydrogens is 336 g/mol. The van der Waals surface area contributed by atoms with Gasteiger partial charge in [0.1, 0.15) is 16.3 Å². The van der Waals surface area contributed by atoms with Gasteiger partial charge < -0.3 is 14.8 Å². The van der Waals surface area contributed by atoms with Gasteiger partial charge in [-0.2, -0.15) is 0 Å². The summed E-state index contributed by atoms with van der Waals surface area (Å²) in [6.07, 6.45) is 0. The number of hydrogen-bond acceptors (Lipinski definition) is 7. The largest absolute Gasteiger partial charge is 0.497 e. The summed E-state index contributed by atoms with van der Waals surface area (Å²) in [6, 6.07) is 7.39. The summed E-state index contributed by atoms with van der Waals surface area (Å²) in [5, 5.41) is 13.2. The van der Waals surface area contributed by atoms with Crippen molar-refractivity contribution in [2.24, 2.45) is 0 Å². The van der Waals surface area contributed by atoms with E-state index in [1.165, 1.54) is 7.11 Å². The van der Waals surface area contributed by atoms with Gasteiger partial charge in [-0.1, -0.05) is 0 Å². The highest BCUT2D eigenvalue weighted by molar-refractivity contribution is 7.19. The second-order valence-electron chi connectivity index (χ2n) is 4.49. The Morgan fingerprint density at radius 2 is 1.96 bits per heavy atom. The predicted molar refractivity (Wildman–Crippen MR) is 87.9 cm³/mol. The number of methoxy groups -OCH3 is 1. The van der Waals surface area contributed by atoms with E-state index < -0.39 is 16.8 Å². The van der Waals surface area contributed by atoms with Gasteiger partial charge in [-0.3, -0.25) is 14.9 Å². The lowest BCUT2D eigenvalue weighted by atomic mass is 10.2. The number of anilines is 1. The van der Waals surface area contributed by atoms with Crippen LogP contribution >= 0.6 is 11.3 Å². The van der Waals surface area contributed by atoms with Crippen LogP contribution in [0, 0.1) is 10.1 Å². The van der Waals surface area contributed by atoms with Crippen LogP contribution in [0.25, 0.3) is 0 Å². The average molecular weight is 350 g/mol. The number of carbonyl (C=O) groups excluding carboxylic acids is 2. The molecule has 0 fully saturated rings. The smallest absolute Gasteiger partial charge is 0.341 e. The van der Waals surface area contributed by atoms with E-state index in [0.717, 1.165) is 6.07 Å². The summed E-state index contributed by atoms with van der Waals surface area (Å²) < 4.78 is 9.87. The van der Waals surface area contributed by atoms with E-state index >= 15 is 0 Å². The molecule has 0 unspecified atom stereocenters. The molecule has 0 aliphatic heterocycles. The van der Waals surface area contributed by atoms with Crippen LogP contribution in [0.15, 0.2) is 30.3 Å². The number of hydrogen-bond donors (Lipinski definition) is 1. The predicted octanol–water partition coefficient (Wildman–Crippen LogP) is 3.09. The van der Waals surface area contributed by atoms with Crippen molar-refractivity contribution in [3.8, 4) is 5.75 Å². The van der Waals surface area contributed by atoms with E-state index in [4.69, 9.17) is 9.47 Å². The van der Waals surface area contributed by atoms with Crippen LogP contribution in [0.1, 0.15) is 27.6 Å². The van der Waals surface area contributed by atoms with Gasteiger partial charge in [-0.25, -0.2) is 4.79 Å². The highest BCUT2D eigenvalue weighted by Crippen LogP contribution is 2.34. The number of amides is 1. The molecule has 8 nitrogen and oxygen atoms in total. The monoisotopic (exact) mass is 350 g/mol. The highest BCUT2D eigenvalue weighted by Gasteiger charge is 2.24. The third-order valence-electron chi connectivity index (χ3n) is 2.97. The fourth-order valence-electron chi connectivity index (χ4n) is 1.84.